The van der Waals surface area contributed by atoms with E-state index in [0.29, 0.717) is 0 Å². The molecule has 0 aromatic heterocycles. The lowest BCUT2D eigenvalue weighted by atomic mass is 10.2. The molecular formula is C16H11ClFNO4. The second-order valence-electron chi connectivity index (χ2n) is 4.42. The van der Waals surface area contributed by atoms with Crippen LogP contribution in [0.4, 0.5) is 4.39 Å². The second-order valence-corrected chi connectivity index (χ2v) is 4.82. The van der Waals surface area contributed by atoms with Crippen LogP contribution in [-0.2, 0) is 9.53 Å². The molecule has 0 saturated carbocycles. The van der Waals surface area contributed by atoms with Crippen molar-refractivity contribution in [1.29, 1.82) is 0 Å². The zero-order valence-electron chi connectivity index (χ0n) is 11.7. The minimum absolute atomic E-state index is 0.129. The van der Waals surface area contributed by atoms with E-state index < -0.39 is 35.8 Å². The van der Waals surface area contributed by atoms with Crippen molar-refractivity contribution in [3.63, 3.8) is 0 Å². The maximum Gasteiger partial charge on any atom is 0.343 e. The Kier molecular flexibility index (Phi) is 5.43. The highest BCUT2D eigenvalue weighted by Gasteiger charge is 2.19. The van der Waals surface area contributed by atoms with Gasteiger partial charge in [0.05, 0.1) is 5.02 Å². The molecule has 0 saturated heterocycles. The first-order valence-electron chi connectivity index (χ1n) is 6.49. The number of nitrogens with one attached hydrogen (secondary N) is 1. The molecule has 2 rings (SSSR count). The molecule has 118 valence electrons. The Labute approximate surface area is 136 Å². The van der Waals surface area contributed by atoms with Crippen molar-refractivity contribution in [2.24, 2.45) is 0 Å². The molecule has 5 nitrogen and oxygen atoms in total. The van der Waals surface area contributed by atoms with E-state index in [2.05, 4.69) is 10.1 Å². The average molecular weight is 336 g/mol. The van der Waals surface area contributed by atoms with Gasteiger partial charge < -0.3 is 4.74 Å². The molecule has 0 aliphatic rings. The lowest BCUT2D eigenvalue weighted by Crippen LogP contribution is -2.34. The fourth-order valence-electron chi connectivity index (χ4n) is 1.72. The zero-order chi connectivity index (χ0) is 16.8. The van der Waals surface area contributed by atoms with Crippen LogP contribution in [0.15, 0.2) is 48.5 Å². The molecular weight excluding hydrogens is 325 g/mol. The van der Waals surface area contributed by atoms with Crippen LogP contribution < -0.4 is 5.32 Å². The number of rotatable bonds is 4. The summed E-state index contributed by atoms with van der Waals surface area (Å²) in [6, 6.07) is 11.7. The van der Waals surface area contributed by atoms with Crippen molar-refractivity contribution < 1.29 is 23.5 Å². The topological polar surface area (TPSA) is 72.5 Å². The average Bonchev–Trinajstić information content (AvgIpc) is 2.53. The third-order valence-corrected chi connectivity index (χ3v) is 3.11. The number of hydrogen-bond donors (Lipinski definition) is 1. The molecule has 2 amide bonds. The first-order valence-corrected chi connectivity index (χ1v) is 6.87. The van der Waals surface area contributed by atoms with Gasteiger partial charge in [-0.3, -0.25) is 14.9 Å². The Morgan fingerprint density at radius 3 is 2.39 bits per heavy atom. The molecule has 0 unspecified atom stereocenters. The Bertz CT molecular complexity index is 729. The number of halogens is 2. The van der Waals surface area contributed by atoms with Gasteiger partial charge in [-0.05, 0) is 24.3 Å². The van der Waals surface area contributed by atoms with Gasteiger partial charge in [-0.25, -0.2) is 9.18 Å². The van der Waals surface area contributed by atoms with Crippen LogP contribution in [0, 0.1) is 5.82 Å². The van der Waals surface area contributed by atoms with Gasteiger partial charge >= 0.3 is 5.97 Å². The minimum Gasteiger partial charge on any atom is -0.452 e. The molecule has 0 radical (unpaired) electrons. The predicted octanol–water partition coefficient (Wildman–Crippen LogP) is 2.59. The van der Waals surface area contributed by atoms with Crippen molar-refractivity contribution in [2.45, 2.75) is 0 Å². The van der Waals surface area contributed by atoms with E-state index in [4.69, 9.17) is 11.6 Å². The number of ether oxygens (including phenoxy) is 1. The van der Waals surface area contributed by atoms with E-state index in [1.807, 2.05) is 0 Å². The molecule has 0 heterocycles. The largest absolute Gasteiger partial charge is 0.452 e. The van der Waals surface area contributed by atoms with Gasteiger partial charge in [-0.15, -0.1) is 0 Å². The molecule has 2 aromatic rings. The minimum atomic E-state index is -1.09. The van der Waals surface area contributed by atoms with E-state index in [9.17, 15) is 18.8 Å². The molecule has 0 aliphatic heterocycles. The number of carbonyl (C=O) groups excluding carboxylic acids is 3. The summed E-state index contributed by atoms with van der Waals surface area (Å²) in [5.41, 5.74) is -0.180. The van der Waals surface area contributed by atoms with Crippen LogP contribution >= 0.6 is 11.6 Å². The van der Waals surface area contributed by atoms with Gasteiger partial charge in [0.25, 0.3) is 11.8 Å². The highest BCUT2D eigenvalue weighted by molar-refractivity contribution is 6.33. The summed E-state index contributed by atoms with van der Waals surface area (Å²) in [6.07, 6.45) is 0. The first-order chi connectivity index (χ1) is 11.0. The van der Waals surface area contributed by atoms with Gasteiger partial charge in [-0.2, -0.15) is 0 Å². The predicted molar refractivity (Wildman–Crippen MR) is 80.6 cm³/mol. The van der Waals surface area contributed by atoms with E-state index in [1.54, 1.807) is 18.2 Å². The summed E-state index contributed by atoms with van der Waals surface area (Å²) in [7, 11) is 0. The summed E-state index contributed by atoms with van der Waals surface area (Å²) < 4.78 is 18.2. The van der Waals surface area contributed by atoms with Crippen molar-refractivity contribution in [3.8, 4) is 0 Å². The van der Waals surface area contributed by atoms with Crippen LogP contribution in [0.3, 0.4) is 0 Å². The van der Waals surface area contributed by atoms with Crippen molar-refractivity contribution in [3.05, 3.63) is 70.5 Å². The lowest BCUT2D eigenvalue weighted by molar-refractivity contribution is -0.123. The highest BCUT2D eigenvalue weighted by Crippen LogP contribution is 2.19. The van der Waals surface area contributed by atoms with Gasteiger partial charge in [0.1, 0.15) is 11.4 Å². The van der Waals surface area contributed by atoms with Crippen LogP contribution in [0.1, 0.15) is 20.7 Å². The van der Waals surface area contributed by atoms with E-state index in [0.717, 1.165) is 6.07 Å². The van der Waals surface area contributed by atoms with Crippen molar-refractivity contribution in [2.75, 3.05) is 6.61 Å². The summed E-state index contributed by atoms with van der Waals surface area (Å²) in [5.74, 6) is -3.41. The number of esters is 1. The number of hydrogen-bond acceptors (Lipinski definition) is 4. The number of amides is 2. The third kappa shape index (κ3) is 4.37. The smallest absolute Gasteiger partial charge is 0.343 e. The number of benzene rings is 2. The second kappa shape index (κ2) is 7.51. The molecule has 0 aliphatic carbocycles. The molecule has 0 spiro atoms. The molecule has 7 heteroatoms. The fraction of sp³-hybridized carbons (Fsp3) is 0.0625. The summed E-state index contributed by atoms with van der Waals surface area (Å²) >= 11 is 5.71. The van der Waals surface area contributed by atoms with Crippen LogP contribution in [0.25, 0.3) is 0 Å². The van der Waals surface area contributed by atoms with E-state index >= 15 is 0 Å². The fourth-order valence-corrected chi connectivity index (χ4v) is 1.96. The molecule has 1 N–H and O–H groups in total. The highest BCUT2D eigenvalue weighted by atomic mass is 35.5. The number of carbonyl (C=O) groups is 3. The SMILES string of the molecule is O=C(COC(=O)c1c(F)cccc1Cl)NC(=O)c1ccccc1. The van der Waals surface area contributed by atoms with E-state index in [1.165, 1.54) is 24.3 Å². The molecule has 0 fully saturated rings. The summed E-state index contributed by atoms with van der Waals surface area (Å²) in [5, 5.41) is 1.92. The quantitative estimate of drug-likeness (QED) is 0.872. The molecule has 23 heavy (non-hydrogen) atoms. The molecule has 2 aromatic carbocycles. The van der Waals surface area contributed by atoms with Gasteiger partial charge in [-0.1, -0.05) is 35.9 Å². The Morgan fingerprint density at radius 1 is 1.04 bits per heavy atom. The maximum atomic E-state index is 13.5. The Hall–Kier alpha value is -2.73. The number of imide groups is 1. The van der Waals surface area contributed by atoms with Crippen molar-refractivity contribution in [1.82, 2.24) is 5.32 Å². The maximum absolute atomic E-state index is 13.5. The molecule has 0 bridgehead atoms. The standard InChI is InChI=1S/C16H11ClFNO4/c17-11-7-4-8-12(18)14(11)16(22)23-9-13(20)19-15(21)10-5-2-1-3-6-10/h1-8H,9H2,(H,19,20,21). The third-order valence-electron chi connectivity index (χ3n) is 2.79. The lowest BCUT2D eigenvalue weighted by Gasteiger charge is -2.07. The van der Waals surface area contributed by atoms with E-state index in [-0.39, 0.29) is 10.6 Å². The van der Waals surface area contributed by atoms with Crippen LogP contribution in [-0.4, -0.2) is 24.4 Å². The Morgan fingerprint density at radius 2 is 1.74 bits per heavy atom. The van der Waals surface area contributed by atoms with Crippen LogP contribution in [0.2, 0.25) is 5.02 Å². The van der Waals surface area contributed by atoms with Crippen LogP contribution in [0.5, 0.6) is 0 Å². The van der Waals surface area contributed by atoms with Gasteiger partial charge in [0, 0.05) is 5.56 Å². The Balaban J connectivity index is 1.92. The normalized spacial score (nSPS) is 10.0. The first kappa shape index (κ1) is 16.6. The summed E-state index contributed by atoms with van der Waals surface area (Å²) in [4.78, 5) is 35.1. The van der Waals surface area contributed by atoms with Gasteiger partial charge in [0.2, 0.25) is 0 Å². The summed E-state index contributed by atoms with van der Waals surface area (Å²) in [6.45, 7) is -0.734. The van der Waals surface area contributed by atoms with Gasteiger partial charge in [0.15, 0.2) is 6.61 Å². The monoisotopic (exact) mass is 335 g/mol. The molecule has 0 atom stereocenters. The zero-order valence-corrected chi connectivity index (χ0v) is 12.5. The van der Waals surface area contributed by atoms with Crippen molar-refractivity contribution >= 4 is 29.4 Å².